The molecule has 4 heterocycles. The van der Waals surface area contributed by atoms with Gasteiger partial charge in [0.1, 0.15) is 20.0 Å². The summed E-state index contributed by atoms with van der Waals surface area (Å²) in [6, 6.07) is 37.9. The molecule has 17 nitrogen and oxygen atoms in total. The first kappa shape index (κ1) is 53.5. The third kappa shape index (κ3) is 18.7. The third-order valence-corrected chi connectivity index (χ3v) is 15.6. The summed E-state index contributed by atoms with van der Waals surface area (Å²) in [4.78, 5) is 49.1. The van der Waals surface area contributed by atoms with E-state index in [4.69, 9.17) is 0 Å². The number of nitrogens with one attached hydrogen (secondary N) is 4. The van der Waals surface area contributed by atoms with E-state index in [2.05, 4.69) is 62.1 Å². The number of thioether (sulfide) groups is 2. The molecule has 0 aliphatic heterocycles. The van der Waals surface area contributed by atoms with Gasteiger partial charge in [-0.2, -0.15) is 23.5 Å². The molecular weight excluding hydrogens is 1030 g/mol. The zero-order chi connectivity index (χ0) is 50.2. The van der Waals surface area contributed by atoms with E-state index < -0.39 is 5.92 Å². The maximum Gasteiger partial charge on any atom is 0.236 e. The summed E-state index contributed by atoms with van der Waals surface area (Å²) < 4.78 is 0. The summed E-state index contributed by atoms with van der Waals surface area (Å²) in [5.74, 6) is 2.25. The summed E-state index contributed by atoms with van der Waals surface area (Å²) >= 11 is 9.11. The highest BCUT2D eigenvalue weighted by Crippen LogP contribution is 2.24. The second-order valence-electron chi connectivity index (χ2n) is 15.5. The average Bonchev–Trinajstić information content (AvgIpc) is 4.23. The van der Waals surface area contributed by atoms with E-state index in [-0.39, 0.29) is 30.2 Å². The highest BCUT2D eigenvalue weighted by atomic mass is 32.2. The van der Waals surface area contributed by atoms with Crippen LogP contribution < -0.4 is 21.3 Å². The van der Waals surface area contributed by atoms with E-state index in [1.165, 1.54) is 45.3 Å². The van der Waals surface area contributed by atoms with Crippen LogP contribution in [0.3, 0.4) is 0 Å². The van der Waals surface area contributed by atoms with E-state index in [0.29, 0.717) is 39.8 Å². The van der Waals surface area contributed by atoms with Crippen LogP contribution in [0.4, 0.5) is 20.5 Å². The van der Waals surface area contributed by atoms with E-state index in [1.807, 2.05) is 121 Å². The highest BCUT2D eigenvalue weighted by molar-refractivity contribution is 7.99. The van der Waals surface area contributed by atoms with Gasteiger partial charge in [-0.3, -0.25) is 24.5 Å². The maximum atomic E-state index is 12.6. The number of hydrogen-bond donors (Lipinski definition) is 5. The van der Waals surface area contributed by atoms with Crippen molar-refractivity contribution in [2.24, 2.45) is 0 Å². The molecule has 0 saturated heterocycles. The number of benzene rings is 4. The molecule has 72 heavy (non-hydrogen) atoms. The molecule has 23 heteroatoms. The van der Waals surface area contributed by atoms with Crippen LogP contribution in [-0.2, 0) is 64.1 Å². The zero-order valence-electron chi connectivity index (χ0n) is 38.7. The molecule has 4 aromatic heterocycles. The molecule has 8 rings (SSSR count). The van der Waals surface area contributed by atoms with Crippen molar-refractivity contribution in [2.45, 2.75) is 50.9 Å². The van der Waals surface area contributed by atoms with Crippen molar-refractivity contribution in [3.05, 3.63) is 164 Å². The summed E-state index contributed by atoms with van der Waals surface area (Å²) in [6.45, 7) is -0.283. The fourth-order valence-electron chi connectivity index (χ4n) is 6.51. The van der Waals surface area contributed by atoms with Crippen LogP contribution in [0.25, 0.3) is 0 Å². The van der Waals surface area contributed by atoms with Crippen LogP contribution in [0.1, 0.15) is 48.2 Å². The lowest BCUT2D eigenvalue weighted by Gasteiger charge is -2.13. The number of aromatic nitrogens is 8. The molecule has 1 unspecified atom stereocenters. The largest absolute Gasteiger partial charge is 0.395 e. The predicted molar refractivity (Wildman–Crippen MR) is 290 cm³/mol. The van der Waals surface area contributed by atoms with Gasteiger partial charge < -0.3 is 21.1 Å². The van der Waals surface area contributed by atoms with E-state index in [0.717, 1.165) is 91.0 Å². The summed E-state index contributed by atoms with van der Waals surface area (Å²) in [5.41, 5.74) is 3.62. The van der Waals surface area contributed by atoms with Gasteiger partial charge in [-0.1, -0.05) is 167 Å². The Hall–Kier alpha value is -6.34. The van der Waals surface area contributed by atoms with Gasteiger partial charge in [-0.15, -0.1) is 40.8 Å². The van der Waals surface area contributed by atoms with Crippen LogP contribution in [-0.4, -0.2) is 99.1 Å². The van der Waals surface area contributed by atoms with Crippen LogP contribution in [0.5, 0.6) is 0 Å². The van der Waals surface area contributed by atoms with Gasteiger partial charge in [0.05, 0.1) is 31.8 Å². The van der Waals surface area contributed by atoms with Crippen molar-refractivity contribution in [3.63, 3.8) is 0 Å². The van der Waals surface area contributed by atoms with E-state index in [9.17, 15) is 24.3 Å². The number of aliphatic hydroxyl groups excluding tert-OH is 1. The monoisotopic (exact) mass is 1080 g/mol. The van der Waals surface area contributed by atoms with Gasteiger partial charge >= 0.3 is 0 Å². The lowest BCUT2D eigenvalue weighted by atomic mass is 9.99. The molecule has 0 fully saturated rings. The number of aliphatic hydroxyl groups is 1. The van der Waals surface area contributed by atoms with Crippen molar-refractivity contribution in [1.29, 1.82) is 0 Å². The topological polar surface area (TPSA) is 240 Å². The molecule has 0 aliphatic rings. The molecular formula is C49H50N12O5S6. The number of anilines is 4. The number of carbonyl (C=O) groups is 4. The molecule has 1 atom stereocenters. The van der Waals surface area contributed by atoms with Crippen molar-refractivity contribution in [3.8, 4) is 0 Å². The average molecular weight is 1080 g/mol. The Labute approximate surface area is 440 Å². The lowest BCUT2D eigenvalue weighted by Crippen LogP contribution is -2.23. The number of carbonyl (C=O) groups excluding carboxylic acids is 4. The molecule has 0 spiro atoms. The first-order chi connectivity index (χ1) is 35.2. The van der Waals surface area contributed by atoms with Crippen LogP contribution in [0.2, 0.25) is 0 Å². The fraction of sp³-hybridized carbons (Fsp3) is 0.265. The third-order valence-electron chi connectivity index (χ3n) is 10.0. The Kier molecular flexibility index (Phi) is 21.7. The number of aryl methyl sites for hydroxylation is 4. The minimum atomic E-state index is -0.651. The van der Waals surface area contributed by atoms with Gasteiger partial charge in [0, 0.05) is 25.7 Å². The van der Waals surface area contributed by atoms with Gasteiger partial charge in [0.2, 0.25) is 44.2 Å². The molecule has 4 aromatic carbocycles. The lowest BCUT2D eigenvalue weighted by molar-refractivity contribution is -0.118. The Morgan fingerprint density at radius 2 is 0.708 bits per heavy atom. The molecule has 8 aromatic rings. The quantitative estimate of drug-likeness (QED) is 0.0340. The molecule has 0 radical (unpaired) electrons. The van der Waals surface area contributed by atoms with Crippen LogP contribution in [0, 0.1) is 0 Å². The predicted octanol–water partition coefficient (Wildman–Crippen LogP) is 8.07. The minimum absolute atomic E-state index is 0.0963. The Morgan fingerprint density at radius 3 is 1.01 bits per heavy atom. The number of nitrogens with zero attached hydrogens (tertiary/aromatic N) is 8. The summed E-state index contributed by atoms with van der Waals surface area (Å²) in [5, 5.41) is 59.3. The summed E-state index contributed by atoms with van der Waals surface area (Å²) in [7, 11) is 0. The van der Waals surface area contributed by atoms with E-state index in [1.54, 1.807) is 23.5 Å². The van der Waals surface area contributed by atoms with Crippen LogP contribution >= 0.6 is 68.9 Å². The first-order valence-corrected chi connectivity index (χ1v) is 28.2. The molecule has 0 aliphatic carbocycles. The van der Waals surface area contributed by atoms with E-state index >= 15 is 0 Å². The van der Waals surface area contributed by atoms with Crippen molar-refractivity contribution in [2.75, 3.05) is 50.9 Å². The zero-order valence-corrected chi connectivity index (χ0v) is 43.6. The molecule has 372 valence electrons. The smallest absolute Gasteiger partial charge is 0.236 e. The highest BCUT2D eigenvalue weighted by Gasteiger charge is 2.21. The van der Waals surface area contributed by atoms with Gasteiger partial charge in [0.25, 0.3) is 0 Å². The Morgan fingerprint density at radius 1 is 0.417 bits per heavy atom. The summed E-state index contributed by atoms with van der Waals surface area (Å²) in [6.07, 6.45) is 4.00. The van der Waals surface area contributed by atoms with Crippen LogP contribution in [0.15, 0.2) is 121 Å². The normalized spacial score (nSPS) is 11.2. The Bertz CT molecular complexity index is 2810. The number of hydrogen-bond acceptors (Lipinski definition) is 19. The fourth-order valence-corrected chi connectivity index (χ4v) is 11.8. The van der Waals surface area contributed by atoms with Crippen molar-refractivity contribution in [1.82, 2.24) is 40.8 Å². The maximum absolute atomic E-state index is 12.6. The standard InChI is InChI=1S/C25H26N6O3S3.C24H24N6O2S3/c32-16-19(18-9-5-2-6-10-18)23(34)27-25-31-29-22(37-25)12-14-35-13-11-21-28-30-24(36-21)26-20(33)15-17-7-3-1-4-8-17;31-19(15-17-7-3-1-4-8-17)25-23-29-27-21(34-23)11-13-33-14-12-22-28-30-24(35-22)26-20(32)16-18-9-5-2-6-10-18/h1-10,19,32H,11-16H2,(H,26,30,33)(H,27,31,34);1-10H,11-16H2,(H,25,29,31)(H,26,30,32). The SMILES string of the molecule is O=C(Cc1ccccc1)Nc1nnc(CCSCCc2nnc(NC(=O)C(CO)c3ccccc3)s2)s1.O=C(Cc1ccccc1)Nc1nnc(CCSCCc2nnc(NC(=O)Cc3ccccc3)s2)s1. The van der Waals surface area contributed by atoms with Gasteiger partial charge in [0.15, 0.2) is 0 Å². The molecule has 0 saturated carbocycles. The molecule has 4 amide bonds. The van der Waals surface area contributed by atoms with Crippen molar-refractivity contribution < 1.29 is 24.3 Å². The van der Waals surface area contributed by atoms with Crippen molar-refractivity contribution >= 4 is 113 Å². The second kappa shape index (κ2) is 29.2. The number of rotatable bonds is 25. The first-order valence-electron chi connectivity index (χ1n) is 22.7. The van der Waals surface area contributed by atoms with Gasteiger partial charge in [-0.05, 0) is 45.3 Å². The molecule has 5 N–H and O–H groups in total. The Balaban J connectivity index is 0.000000212. The molecule has 0 bridgehead atoms. The minimum Gasteiger partial charge on any atom is -0.395 e. The second-order valence-corrected chi connectivity index (χ2v) is 22.2. The number of amides is 4. The van der Waals surface area contributed by atoms with Gasteiger partial charge in [-0.25, -0.2) is 0 Å².